The molecule has 0 radical (unpaired) electrons. The summed E-state index contributed by atoms with van der Waals surface area (Å²) in [4.78, 5) is 23.6. The predicted molar refractivity (Wildman–Crippen MR) is 114 cm³/mol. The first-order chi connectivity index (χ1) is 14.2. The molecule has 0 fully saturated rings. The van der Waals surface area contributed by atoms with Gasteiger partial charge in [-0.2, -0.15) is 0 Å². The molecule has 154 valence electrons. The fraction of sp³-hybridized carbons (Fsp3) is 0.231. The number of hydrogen-bond acceptors (Lipinski definition) is 4. The molecule has 0 atom stereocenters. The Balaban J connectivity index is 2.30. The van der Waals surface area contributed by atoms with Crippen molar-refractivity contribution in [2.45, 2.75) is 39.5 Å². The third kappa shape index (κ3) is 4.13. The quantitative estimate of drug-likeness (QED) is 0.626. The van der Waals surface area contributed by atoms with Crippen LogP contribution < -0.4 is 10.2 Å². The molecule has 0 heterocycles. The Morgan fingerprint density at radius 1 is 0.633 bits per heavy atom. The van der Waals surface area contributed by atoms with Crippen LogP contribution in [0, 0.1) is 0 Å². The molecule has 3 rings (SSSR count). The van der Waals surface area contributed by atoms with Crippen LogP contribution in [0.3, 0.4) is 0 Å². The molecule has 0 saturated carbocycles. The van der Waals surface area contributed by atoms with E-state index in [1.165, 1.54) is 6.07 Å². The largest absolute Gasteiger partial charge is 0.545 e. The summed E-state index contributed by atoms with van der Waals surface area (Å²) in [7, 11) is 0. The number of benzene rings is 3. The average Bonchev–Trinajstić information content (AvgIpc) is 2.72. The van der Waals surface area contributed by atoms with Crippen molar-refractivity contribution in [3.63, 3.8) is 0 Å². The van der Waals surface area contributed by atoms with Gasteiger partial charge in [0.2, 0.25) is 0 Å². The predicted octanol–water partition coefficient (Wildman–Crippen LogP) is 3.99. The number of carboxylic acid groups (broad SMARTS) is 2. The van der Waals surface area contributed by atoms with Crippen LogP contribution in [0.1, 0.15) is 71.4 Å². The number of carbonyl (C=O) groups excluding carboxylic acids is 2. The fourth-order valence-electron chi connectivity index (χ4n) is 3.61. The van der Waals surface area contributed by atoms with Gasteiger partial charge >= 0.3 is 0 Å². The first-order valence-corrected chi connectivity index (χ1v) is 10.0. The van der Waals surface area contributed by atoms with Crippen molar-refractivity contribution >= 4 is 11.9 Å². The zero-order valence-electron chi connectivity index (χ0n) is 17.6. The Kier molecular flexibility index (Phi) is 6.06. The molecule has 4 heteroatoms. The summed E-state index contributed by atoms with van der Waals surface area (Å²) in [5.74, 6) is -2.41. The van der Waals surface area contributed by atoms with E-state index in [9.17, 15) is 19.8 Å². The van der Waals surface area contributed by atoms with Crippen LogP contribution in [0.2, 0.25) is 0 Å². The fourth-order valence-corrected chi connectivity index (χ4v) is 3.61. The highest BCUT2D eigenvalue weighted by Gasteiger charge is 2.18. The Morgan fingerprint density at radius 2 is 1.10 bits per heavy atom. The van der Waals surface area contributed by atoms with Gasteiger partial charge in [-0.05, 0) is 45.2 Å². The summed E-state index contributed by atoms with van der Waals surface area (Å²) < 4.78 is 0. The molecule has 0 unspecified atom stereocenters. The number of carboxylic acids is 2. The second kappa shape index (κ2) is 8.54. The minimum Gasteiger partial charge on any atom is -0.545 e. The van der Waals surface area contributed by atoms with E-state index in [0.29, 0.717) is 28.5 Å². The Morgan fingerprint density at radius 3 is 1.50 bits per heavy atom. The summed E-state index contributed by atoms with van der Waals surface area (Å²) in [6.45, 7) is 8.33. The molecule has 0 spiro atoms. The molecule has 30 heavy (non-hydrogen) atoms. The van der Waals surface area contributed by atoms with Crippen LogP contribution in [-0.4, -0.2) is 11.9 Å². The molecule has 0 aliphatic rings. The van der Waals surface area contributed by atoms with Gasteiger partial charge in [0, 0.05) is 11.1 Å². The summed E-state index contributed by atoms with van der Waals surface area (Å²) in [6, 6.07) is 18.2. The van der Waals surface area contributed by atoms with Gasteiger partial charge in [-0.3, -0.25) is 0 Å². The van der Waals surface area contributed by atoms with Gasteiger partial charge in [-0.25, -0.2) is 0 Å². The maximum absolute atomic E-state index is 12.0. The van der Waals surface area contributed by atoms with Gasteiger partial charge < -0.3 is 19.8 Å². The molecule has 3 aromatic rings. The second-order valence-corrected chi connectivity index (χ2v) is 8.04. The smallest absolute Gasteiger partial charge is 0.0728 e. The summed E-state index contributed by atoms with van der Waals surface area (Å²) in [5, 5.41) is 23.6. The molecule has 0 bridgehead atoms. The van der Waals surface area contributed by atoms with E-state index in [-0.39, 0.29) is 11.1 Å². The summed E-state index contributed by atoms with van der Waals surface area (Å²) in [5.41, 5.74) is 3.88. The van der Waals surface area contributed by atoms with E-state index in [0.717, 1.165) is 16.7 Å². The zero-order valence-corrected chi connectivity index (χ0v) is 17.6. The average molecular weight is 400 g/mol. The van der Waals surface area contributed by atoms with Crippen molar-refractivity contribution in [3.05, 3.63) is 82.9 Å². The second-order valence-electron chi connectivity index (χ2n) is 8.04. The van der Waals surface area contributed by atoms with E-state index in [2.05, 4.69) is 27.7 Å². The van der Waals surface area contributed by atoms with Crippen LogP contribution in [0.5, 0.6) is 0 Å². The first kappa shape index (κ1) is 21.3. The molecule has 3 aromatic carbocycles. The van der Waals surface area contributed by atoms with Crippen molar-refractivity contribution in [3.8, 4) is 22.3 Å². The number of aromatic carboxylic acids is 2. The highest BCUT2D eigenvalue weighted by Crippen LogP contribution is 2.37. The van der Waals surface area contributed by atoms with Crippen LogP contribution in [0.4, 0.5) is 0 Å². The molecule has 0 aromatic heterocycles. The molecular formula is C26H24O4-2. The van der Waals surface area contributed by atoms with Crippen LogP contribution in [0.25, 0.3) is 22.3 Å². The third-order valence-electron chi connectivity index (χ3n) is 5.38. The van der Waals surface area contributed by atoms with Crippen LogP contribution in [0.15, 0.2) is 60.7 Å². The minimum atomic E-state index is -1.55. The van der Waals surface area contributed by atoms with Crippen molar-refractivity contribution in [2.75, 3.05) is 0 Å². The lowest BCUT2D eigenvalue weighted by Gasteiger charge is -2.21. The molecule has 0 aliphatic heterocycles. The van der Waals surface area contributed by atoms with E-state index in [1.807, 2.05) is 48.5 Å². The SMILES string of the molecule is CC(C)c1ccc(-c2ccc(C(=O)[O-])c(C(=O)[O-])c2-c2ccc(C(C)C)cc2)cc1. The molecule has 4 nitrogen and oxygen atoms in total. The van der Waals surface area contributed by atoms with Gasteiger partial charge in [-0.1, -0.05) is 88.4 Å². The normalized spacial score (nSPS) is 11.1. The molecule has 0 aliphatic carbocycles. The van der Waals surface area contributed by atoms with Crippen molar-refractivity contribution in [1.82, 2.24) is 0 Å². The topological polar surface area (TPSA) is 80.3 Å². The third-order valence-corrected chi connectivity index (χ3v) is 5.38. The Bertz CT molecular complexity index is 1080. The highest BCUT2D eigenvalue weighted by atomic mass is 16.4. The number of rotatable bonds is 6. The maximum atomic E-state index is 12.0. The standard InChI is InChI=1S/C26H26O4/c1-15(2)17-5-9-19(10-6-17)21-13-14-22(25(27)28)24(26(29)30)23(21)20-11-7-18(8-12-20)16(3)4/h5-16H,1-4H3,(H,27,28)(H,29,30)/p-2. The van der Waals surface area contributed by atoms with Gasteiger partial charge in [0.1, 0.15) is 0 Å². The molecule has 0 saturated heterocycles. The van der Waals surface area contributed by atoms with E-state index in [1.54, 1.807) is 6.07 Å². The van der Waals surface area contributed by atoms with Gasteiger partial charge in [0.15, 0.2) is 0 Å². The Hall–Kier alpha value is -3.40. The summed E-state index contributed by atoms with van der Waals surface area (Å²) in [6.07, 6.45) is 0. The lowest BCUT2D eigenvalue weighted by molar-refractivity contribution is -0.259. The summed E-state index contributed by atoms with van der Waals surface area (Å²) >= 11 is 0. The van der Waals surface area contributed by atoms with Gasteiger partial charge in [0.25, 0.3) is 0 Å². The molecule has 0 amide bonds. The molecular weight excluding hydrogens is 376 g/mol. The maximum Gasteiger partial charge on any atom is 0.0728 e. The van der Waals surface area contributed by atoms with Crippen LogP contribution >= 0.6 is 0 Å². The van der Waals surface area contributed by atoms with Crippen molar-refractivity contribution < 1.29 is 19.8 Å². The monoisotopic (exact) mass is 400 g/mol. The van der Waals surface area contributed by atoms with E-state index >= 15 is 0 Å². The zero-order chi connectivity index (χ0) is 22.0. The van der Waals surface area contributed by atoms with Gasteiger partial charge in [-0.15, -0.1) is 0 Å². The molecule has 0 N–H and O–H groups in total. The van der Waals surface area contributed by atoms with Crippen LogP contribution in [-0.2, 0) is 0 Å². The highest BCUT2D eigenvalue weighted by molar-refractivity contribution is 6.08. The van der Waals surface area contributed by atoms with Crippen molar-refractivity contribution in [1.29, 1.82) is 0 Å². The Labute approximate surface area is 176 Å². The van der Waals surface area contributed by atoms with Crippen molar-refractivity contribution in [2.24, 2.45) is 0 Å². The van der Waals surface area contributed by atoms with Gasteiger partial charge in [0.05, 0.1) is 11.9 Å². The number of hydrogen-bond donors (Lipinski definition) is 0. The number of carbonyl (C=O) groups is 2. The van der Waals surface area contributed by atoms with E-state index < -0.39 is 11.9 Å². The lowest BCUT2D eigenvalue weighted by atomic mass is 9.86. The lowest BCUT2D eigenvalue weighted by Crippen LogP contribution is -2.31. The minimum absolute atomic E-state index is 0.317. The van der Waals surface area contributed by atoms with E-state index in [4.69, 9.17) is 0 Å². The first-order valence-electron chi connectivity index (χ1n) is 10.0.